The van der Waals surface area contributed by atoms with Crippen LogP contribution in [0.2, 0.25) is 0 Å². The number of hydrogen-bond acceptors (Lipinski definition) is 4. The Balaban J connectivity index is 2.12. The Morgan fingerprint density at radius 1 is 1.30 bits per heavy atom. The molecule has 0 aromatic carbocycles. The van der Waals surface area contributed by atoms with Crippen LogP contribution in [0.25, 0.3) is 0 Å². The Kier molecular flexibility index (Phi) is 2.93. The van der Waals surface area contributed by atoms with Crippen LogP contribution in [0.5, 0.6) is 0 Å². The van der Waals surface area contributed by atoms with Crippen molar-refractivity contribution in [1.82, 2.24) is 0 Å². The number of carbonyl (C=O) groups excluding carboxylic acids is 2. The molecule has 0 amide bonds. The van der Waals surface area contributed by atoms with Crippen LogP contribution in [-0.4, -0.2) is 25.2 Å². The molecule has 5 unspecified atom stereocenters. The zero-order valence-corrected chi connectivity index (χ0v) is 12.9. The normalized spacial score (nSPS) is 40.5. The Labute approximate surface area is 120 Å². The summed E-state index contributed by atoms with van der Waals surface area (Å²) in [6, 6.07) is 0. The Bertz CT molecular complexity index is 445. The molecule has 5 atom stereocenters. The van der Waals surface area contributed by atoms with Gasteiger partial charge in [-0.05, 0) is 24.2 Å². The zero-order chi connectivity index (χ0) is 14.8. The maximum atomic E-state index is 12.2. The van der Waals surface area contributed by atoms with E-state index in [4.69, 9.17) is 9.47 Å². The highest BCUT2D eigenvalue weighted by Gasteiger charge is 2.75. The van der Waals surface area contributed by atoms with E-state index in [9.17, 15) is 9.59 Å². The molecule has 0 spiro atoms. The van der Waals surface area contributed by atoms with Crippen molar-refractivity contribution in [3.05, 3.63) is 0 Å². The predicted molar refractivity (Wildman–Crippen MR) is 72.6 cm³/mol. The second-order valence-corrected chi connectivity index (χ2v) is 7.25. The second kappa shape index (κ2) is 4.22. The first-order chi connectivity index (χ1) is 9.37. The smallest absolute Gasteiger partial charge is 0.310 e. The van der Waals surface area contributed by atoms with E-state index in [1.165, 1.54) is 7.11 Å². The topological polar surface area (TPSA) is 52.6 Å². The third-order valence-corrected chi connectivity index (χ3v) is 6.32. The van der Waals surface area contributed by atoms with Gasteiger partial charge in [0.2, 0.25) is 0 Å². The van der Waals surface area contributed by atoms with Crippen molar-refractivity contribution in [1.29, 1.82) is 0 Å². The Morgan fingerprint density at radius 3 is 2.40 bits per heavy atom. The van der Waals surface area contributed by atoms with Crippen LogP contribution in [-0.2, 0) is 19.1 Å². The van der Waals surface area contributed by atoms with E-state index in [1.807, 2.05) is 0 Å². The maximum Gasteiger partial charge on any atom is 0.310 e. The van der Waals surface area contributed by atoms with Crippen molar-refractivity contribution in [2.75, 3.05) is 7.11 Å². The summed E-state index contributed by atoms with van der Waals surface area (Å²) in [6.07, 6.45) is 0.919. The van der Waals surface area contributed by atoms with Gasteiger partial charge in [0.25, 0.3) is 0 Å². The van der Waals surface area contributed by atoms with Crippen LogP contribution in [0.4, 0.5) is 0 Å². The summed E-state index contributed by atoms with van der Waals surface area (Å²) in [5.41, 5.74) is -0.0911. The highest BCUT2D eigenvalue weighted by atomic mass is 16.6. The molecule has 3 rings (SSSR count). The summed E-state index contributed by atoms with van der Waals surface area (Å²) < 4.78 is 10.7. The molecule has 112 valence electrons. The van der Waals surface area contributed by atoms with Gasteiger partial charge in [-0.3, -0.25) is 9.59 Å². The molecular formula is C16H24O4. The van der Waals surface area contributed by atoms with Crippen molar-refractivity contribution in [3.8, 4) is 0 Å². The van der Waals surface area contributed by atoms with Gasteiger partial charge in [-0.1, -0.05) is 27.7 Å². The minimum Gasteiger partial charge on any atom is -0.469 e. The summed E-state index contributed by atoms with van der Waals surface area (Å²) in [4.78, 5) is 24.5. The number of fused-ring (bicyclic) bond motifs is 1. The van der Waals surface area contributed by atoms with Gasteiger partial charge in [-0.25, -0.2) is 0 Å². The molecule has 2 bridgehead atoms. The molecule has 2 aliphatic carbocycles. The summed E-state index contributed by atoms with van der Waals surface area (Å²) in [5.74, 6) is 0.196. The Hall–Kier alpha value is -1.06. The van der Waals surface area contributed by atoms with E-state index in [1.54, 1.807) is 0 Å². The monoisotopic (exact) mass is 280 g/mol. The molecule has 3 aliphatic rings. The zero-order valence-electron chi connectivity index (χ0n) is 12.9. The van der Waals surface area contributed by atoms with E-state index in [0.29, 0.717) is 11.8 Å². The first-order valence-corrected chi connectivity index (χ1v) is 7.65. The molecule has 20 heavy (non-hydrogen) atoms. The first kappa shape index (κ1) is 13.9. The number of methoxy groups -OCH3 is 1. The SMILES string of the molecule is COC(=O)C1C2C(=O)OC3C2CC1C3(C(C)C)C(C)C. The minimum atomic E-state index is -0.305. The minimum absolute atomic E-state index is 0.00842. The lowest BCUT2D eigenvalue weighted by atomic mass is 9.55. The van der Waals surface area contributed by atoms with Gasteiger partial charge in [0, 0.05) is 11.3 Å². The molecule has 2 saturated carbocycles. The third kappa shape index (κ3) is 1.33. The van der Waals surface area contributed by atoms with Crippen LogP contribution in [0.1, 0.15) is 34.1 Å². The lowest BCUT2D eigenvalue weighted by molar-refractivity contribution is -0.155. The summed E-state index contributed by atoms with van der Waals surface area (Å²) >= 11 is 0. The number of rotatable bonds is 3. The average Bonchev–Trinajstić information content (AvgIpc) is 2.96. The van der Waals surface area contributed by atoms with Crippen LogP contribution in [0.15, 0.2) is 0 Å². The fourth-order valence-electron chi connectivity index (χ4n) is 5.85. The number of carbonyl (C=O) groups is 2. The van der Waals surface area contributed by atoms with Crippen LogP contribution in [0.3, 0.4) is 0 Å². The standard InChI is InChI=1S/C16H24O4/c1-7(2)16(8(3)4)10-6-9-11(12(10)14(17)19-5)15(18)20-13(9)16/h7-13H,6H2,1-5H3. The van der Waals surface area contributed by atoms with Gasteiger partial charge in [0.1, 0.15) is 6.10 Å². The van der Waals surface area contributed by atoms with Crippen molar-refractivity contribution in [3.63, 3.8) is 0 Å². The van der Waals surface area contributed by atoms with E-state index in [0.717, 1.165) is 6.42 Å². The fraction of sp³-hybridized carbons (Fsp3) is 0.875. The fourth-order valence-corrected chi connectivity index (χ4v) is 5.85. The van der Waals surface area contributed by atoms with Gasteiger partial charge in [0.05, 0.1) is 18.9 Å². The number of esters is 2. The molecule has 1 saturated heterocycles. The third-order valence-electron chi connectivity index (χ3n) is 6.32. The molecule has 3 fully saturated rings. The quantitative estimate of drug-likeness (QED) is 0.744. The highest BCUT2D eigenvalue weighted by molar-refractivity contribution is 5.86. The molecule has 0 aromatic rings. The Morgan fingerprint density at radius 2 is 1.90 bits per heavy atom. The summed E-state index contributed by atoms with van der Waals surface area (Å²) in [5, 5.41) is 0. The van der Waals surface area contributed by atoms with E-state index in [-0.39, 0.29) is 47.1 Å². The maximum absolute atomic E-state index is 12.2. The van der Waals surface area contributed by atoms with Crippen molar-refractivity contribution in [2.45, 2.75) is 40.2 Å². The molecule has 0 radical (unpaired) electrons. The highest BCUT2D eigenvalue weighted by Crippen LogP contribution is 2.70. The molecule has 0 aromatic heterocycles. The molecular weight excluding hydrogens is 256 g/mol. The molecule has 1 heterocycles. The van der Waals surface area contributed by atoms with Gasteiger partial charge < -0.3 is 9.47 Å². The first-order valence-electron chi connectivity index (χ1n) is 7.65. The largest absolute Gasteiger partial charge is 0.469 e. The van der Waals surface area contributed by atoms with E-state index in [2.05, 4.69) is 27.7 Å². The lowest BCUT2D eigenvalue weighted by Gasteiger charge is -2.49. The van der Waals surface area contributed by atoms with Gasteiger partial charge >= 0.3 is 11.9 Å². The second-order valence-electron chi connectivity index (χ2n) is 7.25. The van der Waals surface area contributed by atoms with Crippen LogP contribution in [0, 0.1) is 40.9 Å². The number of hydrogen-bond donors (Lipinski definition) is 0. The summed E-state index contributed by atoms with van der Waals surface area (Å²) in [7, 11) is 1.42. The van der Waals surface area contributed by atoms with Crippen LogP contribution < -0.4 is 0 Å². The van der Waals surface area contributed by atoms with E-state index < -0.39 is 0 Å². The van der Waals surface area contributed by atoms with Crippen molar-refractivity contribution < 1.29 is 19.1 Å². The van der Waals surface area contributed by atoms with Crippen LogP contribution >= 0.6 is 0 Å². The predicted octanol–water partition coefficient (Wildman–Crippen LogP) is 2.27. The van der Waals surface area contributed by atoms with E-state index >= 15 is 0 Å². The molecule has 4 heteroatoms. The van der Waals surface area contributed by atoms with Crippen molar-refractivity contribution in [2.24, 2.45) is 40.9 Å². The summed E-state index contributed by atoms with van der Waals surface area (Å²) in [6.45, 7) is 8.76. The van der Waals surface area contributed by atoms with Gasteiger partial charge in [-0.2, -0.15) is 0 Å². The molecule has 4 nitrogen and oxygen atoms in total. The number of ether oxygens (including phenoxy) is 2. The average molecular weight is 280 g/mol. The van der Waals surface area contributed by atoms with Crippen molar-refractivity contribution >= 4 is 11.9 Å². The van der Waals surface area contributed by atoms with Gasteiger partial charge in [0.15, 0.2) is 0 Å². The lowest BCUT2D eigenvalue weighted by Crippen LogP contribution is -2.52. The molecule has 1 aliphatic heterocycles. The van der Waals surface area contributed by atoms with Gasteiger partial charge in [-0.15, -0.1) is 0 Å². The molecule has 0 N–H and O–H groups in total.